The Labute approximate surface area is 359 Å². The van der Waals surface area contributed by atoms with Crippen LogP contribution in [0, 0.1) is 0 Å². The molecule has 338 valence electrons. The van der Waals surface area contributed by atoms with Gasteiger partial charge in [-0.1, -0.05) is 155 Å². The summed E-state index contributed by atoms with van der Waals surface area (Å²) in [6, 6.07) is 0. The minimum absolute atomic E-state index is 0.0143. The molecular weight excluding hydrogens is 785 g/mol. The minimum atomic E-state index is -4.49. The maximum absolute atomic E-state index is 12.6. The van der Waals surface area contributed by atoms with Gasteiger partial charge in [0.1, 0.15) is 6.61 Å². The van der Waals surface area contributed by atoms with E-state index in [9.17, 15) is 34.4 Å². The van der Waals surface area contributed by atoms with Crippen LogP contribution in [0.3, 0.4) is 0 Å². The van der Waals surface area contributed by atoms with Gasteiger partial charge in [0, 0.05) is 19.4 Å². The molecule has 0 aliphatic heterocycles. The number of hydrogen-bond acceptors (Lipinski definition) is 11. The van der Waals surface area contributed by atoms with Crippen LogP contribution in [-0.4, -0.2) is 82.9 Å². The smallest absolute Gasteiger partial charge is 0.462 e. The van der Waals surface area contributed by atoms with E-state index < -0.39 is 57.4 Å². The fourth-order valence-corrected chi connectivity index (χ4v) is 5.69. The normalized spacial score (nSPS) is 16.1. The van der Waals surface area contributed by atoms with Crippen molar-refractivity contribution in [3.8, 4) is 0 Å². The molecule has 0 fully saturated rings. The summed E-state index contributed by atoms with van der Waals surface area (Å²) in [5.41, 5.74) is 5.32. The van der Waals surface area contributed by atoms with E-state index in [1.54, 1.807) is 42.5 Å². The zero-order valence-corrected chi connectivity index (χ0v) is 36.9. The number of carbonyl (C=O) groups excluding carboxylic acids is 2. The van der Waals surface area contributed by atoms with E-state index in [0.29, 0.717) is 12.8 Å². The van der Waals surface area contributed by atoms with Crippen LogP contribution in [0.5, 0.6) is 0 Å². The first kappa shape index (κ1) is 56.3. The lowest BCUT2D eigenvalue weighted by Gasteiger charge is -2.20. The maximum Gasteiger partial charge on any atom is 0.472 e. The molecule has 13 heteroatoms. The molecule has 0 saturated heterocycles. The molecule has 0 spiro atoms. The number of nitrogens with two attached hydrogens (primary N) is 1. The van der Waals surface area contributed by atoms with Crippen LogP contribution in [0.4, 0.5) is 0 Å². The Hall–Kier alpha value is -3.71. The Bertz CT molecular complexity index is 1440. The number of esters is 2. The van der Waals surface area contributed by atoms with Crippen molar-refractivity contribution in [1.82, 2.24) is 0 Å². The molecule has 6 N–H and O–H groups in total. The third-order valence-corrected chi connectivity index (χ3v) is 9.20. The topological polar surface area (TPSA) is 195 Å². The van der Waals surface area contributed by atoms with Gasteiger partial charge in [-0.05, 0) is 64.2 Å². The predicted octanol–water partition coefficient (Wildman–Crippen LogP) is 9.07. The van der Waals surface area contributed by atoms with Gasteiger partial charge >= 0.3 is 19.8 Å². The second-order valence-electron chi connectivity index (χ2n) is 13.7. The Balaban J connectivity index is 4.64. The van der Waals surface area contributed by atoms with Crippen LogP contribution in [0.2, 0.25) is 0 Å². The molecule has 0 bridgehead atoms. The lowest BCUT2D eigenvalue weighted by Crippen LogP contribution is -2.29. The van der Waals surface area contributed by atoms with Gasteiger partial charge in [-0.2, -0.15) is 0 Å². The standard InChI is InChI=1S/C47H74NO11P/c1-3-5-7-8-9-10-11-12-13-14-15-16-17-18-19-20-21-26-30-36-47(53)59-43(41-58-60(54,55)57-39-38-48)40-56-46(52)37-31-35-45(51)44(50)34-29-25-23-22-24-28-33-42(49)32-27-6-4-2/h5,7,9-10,12-13,15-16,18-19,21-26,28-29,33-34,42-45,49-51H,3-4,6,8,11,14,17,20,27,30-32,35-41,48H2,1-2H3,(H,54,55)/b7-5-,10-9-,13-12-,16-15-,19-18-,24-22-,25-23+,26-21-,33-28+,34-29+/t42-,43-,44-,45-/m1/s1. The van der Waals surface area contributed by atoms with E-state index in [1.165, 1.54) is 6.08 Å². The SMILES string of the molecule is CC/C=C\C/C=C\C/C=C\C/C=C\C/C=C\C/C=C\CCC(=O)O[C@H](COC(=O)CCC[C@@H](O)[C@H](O)/C=C/C=C/C=C\C=C\[C@H](O)CCCCC)COP(=O)(O)OCCN. The number of phosphoric acid groups is 1. The highest BCUT2D eigenvalue weighted by molar-refractivity contribution is 7.47. The molecule has 0 rings (SSSR count). The molecule has 0 radical (unpaired) electrons. The molecule has 12 nitrogen and oxygen atoms in total. The Morgan fingerprint density at radius 2 is 1.18 bits per heavy atom. The first-order valence-corrected chi connectivity index (χ1v) is 22.8. The lowest BCUT2D eigenvalue weighted by molar-refractivity contribution is -0.161. The van der Waals surface area contributed by atoms with Crippen molar-refractivity contribution in [1.29, 1.82) is 0 Å². The minimum Gasteiger partial charge on any atom is -0.462 e. The van der Waals surface area contributed by atoms with Crippen LogP contribution in [0.1, 0.15) is 110 Å². The number of allylic oxidation sites excluding steroid dienone is 18. The summed E-state index contributed by atoms with van der Waals surface area (Å²) in [7, 11) is -4.49. The highest BCUT2D eigenvalue weighted by Gasteiger charge is 2.26. The molecule has 1 unspecified atom stereocenters. The zero-order valence-electron chi connectivity index (χ0n) is 36.0. The van der Waals surface area contributed by atoms with Gasteiger partial charge in [0.2, 0.25) is 0 Å². The van der Waals surface area contributed by atoms with Gasteiger partial charge in [0.05, 0.1) is 31.5 Å². The van der Waals surface area contributed by atoms with Gasteiger partial charge in [-0.15, -0.1) is 0 Å². The van der Waals surface area contributed by atoms with Gasteiger partial charge in [-0.25, -0.2) is 4.57 Å². The highest BCUT2D eigenvalue weighted by atomic mass is 31.2. The zero-order chi connectivity index (χ0) is 44.4. The predicted molar refractivity (Wildman–Crippen MR) is 242 cm³/mol. The fourth-order valence-electron chi connectivity index (χ4n) is 4.92. The quantitative estimate of drug-likeness (QED) is 0.0131. The van der Waals surface area contributed by atoms with E-state index in [0.717, 1.165) is 57.8 Å². The van der Waals surface area contributed by atoms with Crippen molar-refractivity contribution in [2.24, 2.45) is 5.73 Å². The van der Waals surface area contributed by atoms with Crippen molar-refractivity contribution in [2.45, 2.75) is 135 Å². The summed E-state index contributed by atoms with van der Waals surface area (Å²) in [4.78, 5) is 34.9. The molecule has 0 aromatic rings. The van der Waals surface area contributed by atoms with Crippen LogP contribution in [0.15, 0.2) is 122 Å². The Morgan fingerprint density at radius 3 is 1.75 bits per heavy atom. The van der Waals surface area contributed by atoms with Crippen LogP contribution in [0.25, 0.3) is 0 Å². The fraction of sp³-hybridized carbons (Fsp3) is 0.532. The van der Waals surface area contributed by atoms with E-state index >= 15 is 0 Å². The van der Waals surface area contributed by atoms with Crippen LogP contribution >= 0.6 is 7.82 Å². The number of aliphatic hydroxyl groups excluding tert-OH is 3. The van der Waals surface area contributed by atoms with Crippen molar-refractivity contribution in [3.63, 3.8) is 0 Å². The van der Waals surface area contributed by atoms with Crippen molar-refractivity contribution < 1.29 is 52.9 Å². The number of ether oxygens (including phenoxy) is 2. The average Bonchev–Trinajstić information content (AvgIpc) is 3.22. The molecule has 5 atom stereocenters. The monoisotopic (exact) mass is 859 g/mol. The molecular formula is C47H74NO11P. The van der Waals surface area contributed by atoms with Gasteiger partial charge in [0.15, 0.2) is 6.10 Å². The van der Waals surface area contributed by atoms with Crippen LogP contribution < -0.4 is 5.73 Å². The number of unbranched alkanes of at least 4 members (excludes halogenated alkanes) is 2. The summed E-state index contributed by atoms with van der Waals surface area (Å²) in [5.74, 6) is -1.27. The molecule has 0 aromatic carbocycles. The first-order valence-electron chi connectivity index (χ1n) is 21.3. The molecule has 0 aliphatic rings. The summed E-state index contributed by atoms with van der Waals surface area (Å²) in [6.07, 6.45) is 44.7. The van der Waals surface area contributed by atoms with Gasteiger partial charge in [0.25, 0.3) is 0 Å². The van der Waals surface area contributed by atoms with Crippen molar-refractivity contribution >= 4 is 19.8 Å². The van der Waals surface area contributed by atoms with E-state index in [4.69, 9.17) is 24.3 Å². The number of aliphatic hydroxyl groups is 3. The molecule has 0 saturated carbocycles. The van der Waals surface area contributed by atoms with E-state index in [2.05, 4.69) is 68.5 Å². The third kappa shape index (κ3) is 38.5. The van der Waals surface area contributed by atoms with Gasteiger partial charge < -0.3 is 35.4 Å². The molecule has 60 heavy (non-hydrogen) atoms. The lowest BCUT2D eigenvalue weighted by atomic mass is 10.1. The molecule has 0 aliphatic carbocycles. The summed E-state index contributed by atoms with van der Waals surface area (Å²) < 4.78 is 32.4. The maximum atomic E-state index is 12.6. The average molecular weight is 860 g/mol. The Kier molecular flexibility index (Phi) is 38.2. The van der Waals surface area contributed by atoms with Gasteiger partial charge in [-0.3, -0.25) is 18.6 Å². The van der Waals surface area contributed by atoms with E-state index in [1.807, 2.05) is 18.2 Å². The first-order chi connectivity index (χ1) is 29.0. The second-order valence-corrected chi connectivity index (χ2v) is 15.1. The number of carbonyl (C=O) groups is 2. The highest BCUT2D eigenvalue weighted by Crippen LogP contribution is 2.43. The number of phosphoric ester groups is 1. The largest absolute Gasteiger partial charge is 0.472 e. The van der Waals surface area contributed by atoms with Crippen molar-refractivity contribution in [2.75, 3.05) is 26.4 Å². The number of hydrogen-bond donors (Lipinski definition) is 5. The summed E-state index contributed by atoms with van der Waals surface area (Å²) in [6.45, 7) is 2.99. The van der Waals surface area contributed by atoms with E-state index in [-0.39, 0.29) is 38.8 Å². The molecule has 0 amide bonds. The second kappa shape index (κ2) is 40.7. The van der Waals surface area contributed by atoms with Crippen molar-refractivity contribution in [3.05, 3.63) is 122 Å². The van der Waals surface area contributed by atoms with Crippen LogP contribution in [-0.2, 0) is 32.7 Å². The Morgan fingerprint density at radius 1 is 0.633 bits per heavy atom. The molecule has 0 heterocycles. The summed E-state index contributed by atoms with van der Waals surface area (Å²) >= 11 is 0. The summed E-state index contributed by atoms with van der Waals surface area (Å²) in [5, 5.41) is 30.4. The number of rotatable bonds is 37. The molecule has 0 aromatic heterocycles. The third-order valence-electron chi connectivity index (χ3n) is 8.21.